The van der Waals surface area contributed by atoms with Crippen molar-refractivity contribution in [3.63, 3.8) is 0 Å². The van der Waals surface area contributed by atoms with Gasteiger partial charge in [-0.15, -0.1) is 0 Å². The highest BCUT2D eigenvalue weighted by molar-refractivity contribution is 6.45. The molecular formula is C8H14N2O4. The molecule has 0 aromatic rings. The van der Waals surface area contributed by atoms with Gasteiger partial charge in [-0.05, 0) is 12.8 Å². The summed E-state index contributed by atoms with van der Waals surface area (Å²) in [7, 11) is 2.91. The highest BCUT2D eigenvalue weighted by atomic mass is 16.7. The number of hydrogen-bond acceptors (Lipinski definition) is 6. The van der Waals surface area contributed by atoms with E-state index in [0.29, 0.717) is 18.6 Å². The number of methoxy groups -OCH3 is 2. The van der Waals surface area contributed by atoms with Gasteiger partial charge in [0.1, 0.15) is 5.71 Å². The van der Waals surface area contributed by atoms with Crippen LogP contribution in [0.15, 0.2) is 10.3 Å². The molecule has 0 unspecified atom stereocenters. The van der Waals surface area contributed by atoms with Gasteiger partial charge in [-0.3, -0.25) is 0 Å². The van der Waals surface area contributed by atoms with Crippen LogP contribution in [0.1, 0.15) is 19.3 Å². The summed E-state index contributed by atoms with van der Waals surface area (Å²) in [5.41, 5.74) is 0.429. The lowest BCUT2D eigenvalue weighted by atomic mass is 9.90. The Morgan fingerprint density at radius 1 is 1.21 bits per heavy atom. The second-order valence-electron chi connectivity index (χ2n) is 3.01. The number of nitrogens with zero attached hydrogens (tertiary/aromatic N) is 2. The van der Waals surface area contributed by atoms with Gasteiger partial charge in [0.25, 0.3) is 0 Å². The molecule has 0 aromatic carbocycles. The van der Waals surface area contributed by atoms with Crippen LogP contribution in [0.25, 0.3) is 0 Å². The zero-order valence-corrected chi connectivity index (χ0v) is 8.23. The molecule has 0 radical (unpaired) electrons. The van der Waals surface area contributed by atoms with Gasteiger partial charge in [-0.2, -0.15) is 0 Å². The summed E-state index contributed by atoms with van der Waals surface area (Å²) < 4.78 is 10.3. The van der Waals surface area contributed by atoms with E-state index in [1.807, 2.05) is 0 Å². The quantitative estimate of drug-likeness (QED) is 0.394. The lowest BCUT2D eigenvalue weighted by Gasteiger charge is -2.34. The number of hydrogen-bond donors (Lipinski definition) is 2. The minimum Gasteiger partial charge on any atom is -0.411 e. The first-order valence-corrected chi connectivity index (χ1v) is 4.28. The number of rotatable bonds is 2. The second kappa shape index (κ2) is 4.39. The summed E-state index contributed by atoms with van der Waals surface area (Å²) in [5.74, 6) is -1.09. The number of oxime groups is 2. The van der Waals surface area contributed by atoms with Crippen molar-refractivity contribution in [2.24, 2.45) is 10.3 Å². The van der Waals surface area contributed by atoms with Gasteiger partial charge >= 0.3 is 0 Å². The van der Waals surface area contributed by atoms with Crippen LogP contribution in [0, 0.1) is 0 Å². The molecule has 1 aliphatic rings. The Hall–Kier alpha value is -1.14. The molecule has 1 aliphatic carbocycles. The molecule has 0 heterocycles. The Bertz CT molecular complexity index is 258. The molecule has 6 nitrogen and oxygen atoms in total. The largest absolute Gasteiger partial charge is 0.411 e. The van der Waals surface area contributed by atoms with E-state index in [9.17, 15) is 0 Å². The molecule has 0 aliphatic heterocycles. The molecule has 1 saturated carbocycles. The molecule has 0 saturated heterocycles. The highest BCUT2D eigenvalue weighted by Gasteiger charge is 2.43. The van der Waals surface area contributed by atoms with Crippen molar-refractivity contribution in [2.45, 2.75) is 25.0 Å². The van der Waals surface area contributed by atoms with Crippen LogP contribution >= 0.6 is 0 Å². The summed E-state index contributed by atoms with van der Waals surface area (Å²) in [4.78, 5) is 0. The van der Waals surface area contributed by atoms with Gasteiger partial charge in [0, 0.05) is 20.6 Å². The van der Waals surface area contributed by atoms with Crippen LogP contribution in [0.2, 0.25) is 0 Å². The molecule has 80 valence electrons. The molecule has 2 N–H and O–H groups in total. The van der Waals surface area contributed by atoms with Crippen LogP contribution in [-0.2, 0) is 9.47 Å². The van der Waals surface area contributed by atoms with Crippen LogP contribution in [0.5, 0.6) is 0 Å². The Morgan fingerprint density at radius 2 is 1.86 bits per heavy atom. The average molecular weight is 202 g/mol. The fourth-order valence-corrected chi connectivity index (χ4v) is 1.66. The van der Waals surface area contributed by atoms with Crippen LogP contribution in [-0.4, -0.2) is 41.8 Å². The zero-order valence-electron chi connectivity index (χ0n) is 8.23. The van der Waals surface area contributed by atoms with Crippen molar-refractivity contribution in [3.8, 4) is 0 Å². The Kier molecular flexibility index (Phi) is 3.43. The number of ether oxygens (including phenoxy) is 2. The van der Waals surface area contributed by atoms with Crippen LogP contribution in [0.3, 0.4) is 0 Å². The first-order valence-electron chi connectivity index (χ1n) is 4.28. The Labute approximate surface area is 81.8 Å². The highest BCUT2D eigenvalue weighted by Crippen LogP contribution is 2.28. The average Bonchev–Trinajstić information content (AvgIpc) is 2.27. The van der Waals surface area contributed by atoms with Crippen LogP contribution < -0.4 is 0 Å². The van der Waals surface area contributed by atoms with E-state index < -0.39 is 5.79 Å². The van der Waals surface area contributed by atoms with E-state index in [1.54, 1.807) is 0 Å². The Balaban J connectivity index is 3.06. The normalized spacial score (nSPS) is 27.0. The third-order valence-corrected chi connectivity index (χ3v) is 2.43. The molecule has 0 bridgehead atoms. The predicted octanol–water partition coefficient (Wildman–Crippen LogP) is 0.820. The van der Waals surface area contributed by atoms with Gasteiger partial charge in [0.2, 0.25) is 5.79 Å². The van der Waals surface area contributed by atoms with E-state index in [1.165, 1.54) is 14.2 Å². The molecular weight excluding hydrogens is 188 g/mol. The van der Waals surface area contributed by atoms with Gasteiger partial charge in [-0.1, -0.05) is 10.3 Å². The van der Waals surface area contributed by atoms with Gasteiger partial charge in [-0.25, -0.2) is 0 Å². The first-order chi connectivity index (χ1) is 6.74. The van der Waals surface area contributed by atoms with E-state index in [-0.39, 0.29) is 5.71 Å². The topological polar surface area (TPSA) is 83.6 Å². The van der Waals surface area contributed by atoms with E-state index in [2.05, 4.69) is 10.3 Å². The molecule has 0 amide bonds. The third-order valence-electron chi connectivity index (χ3n) is 2.43. The van der Waals surface area contributed by atoms with E-state index in [0.717, 1.165) is 6.42 Å². The summed E-state index contributed by atoms with van der Waals surface area (Å²) >= 11 is 0. The van der Waals surface area contributed by atoms with Crippen molar-refractivity contribution < 1.29 is 19.9 Å². The fraction of sp³-hybridized carbons (Fsp3) is 0.750. The molecule has 14 heavy (non-hydrogen) atoms. The standard InChI is InChI=1S/C8H14N2O4/c1-13-8(14-2)5-3-4-6(9-11)7(8)10-12/h11-12H,3-5H2,1-2H3/b9-6-,10-7+. The minimum absolute atomic E-state index is 0.135. The van der Waals surface area contributed by atoms with Crippen molar-refractivity contribution in [2.75, 3.05) is 14.2 Å². The maximum Gasteiger partial charge on any atom is 0.217 e. The molecule has 6 heteroatoms. The summed E-state index contributed by atoms with van der Waals surface area (Å²) in [6.07, 6.45) is 1.86. The molecule has 0 atom stereocenters. The maximum atomic E-state index is 8.83. The lowest BCUT2D eigenvalue weighted by molar-refractivity contribution is -0.159. The fourth-order valence-electron chi connectivity index (χ4n) is 1.66. The Morgan fingerprint density at radius 3 is 2.29 bits per heavy atom. The van der Waals surface area contributed by atoms with Crippen molar-refractivity contribution in [1.82, 2.24) is 0 Å². The van der Waals surface area contributed by atoms with Crippen molar-refractivity contribution in [1.29, 1.82) is 0 Å². The van der Waals surface area contributed by atoms with Gasteiger partial charge in [0.15, 0.2) is 5.71 Å². The van der Waals surface area contributed by atoms with E-state index in [4.69, 9.17) is 19.9 Å². The summed E-state index contributed by atoms with van der Waals surface area (Å²) in [6.45, 7) is 0. The first kappa shape index (κ1) is 10.9. The van der Waals surface area contributed by atoms with E-state index >= 15 is 0 Å². The second-order valence-corrected chi connectivity index (χ2v) is 3.01. The van der Waals surface area contributed by atoms with Gasteiger partial charge < -0.3 is 19.9 Å². The molecule has 1 rings (SSSR count). The maximum absolute atomic E-state index is 8.83. The van der Waals surface area contributed by atoms with Crippen molar-refractivity contribution >= 4 is 11.4 Å². The summed E-state index contributed by atoms with van der Waals surface area (Å²) in [6, 6.07) is 0. The predicted molar refractivity (Wildman–Crippen MR) is 49.0 cm³/mol. The monoisotopic (exact) mass is 202 g/mol. The lowest BCUT2D eigenvalue weighted by Crippen LogP contribution is -2.49. The van der Waals surface area contributed by atoms with Crippen molar-refractivity contribution in [3.05, 3.63) is 0 Å². The molecule has 1 fully saturated rings. The van der Waals surface area contributed by atoms with Crippen LogP contribution in [0.4, 0.5) is 0 Å². The molecule has 0 spiro atoms. The zero-order chi connectivity index (χ0) is 10.6. The third kappa shape index (κ3) is 1.58. The SMILES string of the molecule is COC1(OC)CCCC(=N/O)/C1=N\O. The smallest absolute Gasteiger partial charge is 0.217 e. The molecule has 0 aromatic heterocycles. The van der Waals surface area contributed by atoms with Gasteiger partial charge in [0.05, 0.1) is 0 Å². The minimum atomic E-state index is -1.09. The summed E-state index contributed by atoms with van der Waals surface area (Å²) in [5, 5.41) is 23.7.